The number of carboxylic acid groups (broad SMARTS) is 1. The van der Waals surface area contributed by atoms with E-state index in [-0.39, 0.29) is 45.7 Å². The molecule has 208 valence electrons. The number of halogens is 3. The summed E-state index contributed by atoms with van der Waals surface area (Å²) in [6.45, 7) is 0. The van der Waals surface area contributed by atoms with Gasteiger partial charge in [0.05, 0.1) is 29.7 Å². The number of fused-ring (bicyclic) bond motifs is 1. The average Bonchev–Trinajstić information content (AvgIpc) is 3.38. The van der Waals surface area contributed by atoms with Gasteiger partial charge < -0.3 is 15.5 Å². The van der Waals surface area contributed by atoms with Gasteiger partial charge in [-0.2, -0.15) is 18.0 Å². The highest BCUT2D eigenvalue weighted by Gasteiger charge is 2.30. The molecule has 0 radical (unpaired) electrons. The fourth-order valence-corrected chi connectivity index (χ4v) is 4.32. The number of tetrazole rings is 1. The maximum Gasteiger partial charge on any atom is 0.416 e. The van der Waals surface area contributed by atoms with Gasteiger partial charge in [0.25, 0.3) is 5.91 Å². The van der Waals surface area contributed by atoms with Crippen molar-refractivity contribution in [3.05, 3.63) is 101 Å². The minimum Gasteiger partial charge on any atom is -0.508 e. The summed E-state index contributed by atoms with van der Waals surface area (Å²) in [5.41, 5.74) is 0.237. The Balaban J connectivity index is 1.49. The molecule has 0 saturated heterocycles. The van der Waals surface area contributed by atoms with Gasteiger partial charge in [-0.15, -0.1) is 10.2 Å². The third kappa shape index (κ3) is 5.98. The summed E-state index contributed by atoms with van der Waals surface area (Å²) in [4.78, 5) is 31.1. The molecule has 0 spiro atoms. The summed E-state index contributed by atoms with van der Waals surface area (Å²) < 4.78 is 39.6. The van der Waals surface area contributed by atoms with Crippen LogP contribution in [0.4, 0.5) is 13.2 Å². The number of phenols is 1. The zero-order valence-electron chi connectivity index (χ0n) is 21.3. The number of aromatic nitrogens is 5. The predicted octanol–water partition coefficient (Wildman–Crippen LogP) is 4.56. The number of carbonyl (C=O) groups excluding carboxylic acids is 1. The van der Waals surface area contributed by atoms with E-state index in [1.165, 1.54) is 47.3 Å². The summed E-state index contributed by atoms with van der Waals surface area (Å²) in [6, 6.07) is 15.7. The number of hydrogen-bond donors (Lipinski definition) is 3. The number of aryl methyl sites for hydroxylation is 1. The summed E-state index contributed by atoms with van der Waals surface area (Å²) in [5, 5.41) is 34.4. The quantitative estimate of drug-likeness (QED) is 0.262. The van der Waals surface area contributed by atoms with Crippen molar-refractivity contribution in [1.29, 1.82) is 0 Å². The van der Waals surface area contributed by atoms with Gasteiger partial charge in [0.1, 0.15) is 11.4 Å². The molecule has 0 aliphatic rings. The van der Waals surface area contributed by atoms with E-state index >= 15 is 0 Å². The van der Waals surface area contributed by atoms with Crippen molar-refractivity contribution in [2.45, 2.75) is 18.6 Å². The molecule has 1 atom stereocenters. The highest BCUT2D eigenvalue weighted by atomic mass is 19.4. The Morgan fingerprint density at radius 3 is 2.39 bits per heavy atom. The van der Waals surface area contributed by atoms with Crippen molar-refractivity contribution in [3.8, 4) is 16.9 Å². The first-order valence-corrected chi connectivity index (χ1v) is 12.2. The number of rotatable bonds is 7. The molecule has 1 amide bonds. The lowest BCUT2D eigenvalue weighted by Crippen LogP contribution is -2.31. The number of pyridine rings is 1. The Kier molecular flexibility index (Phi) is 7.10. The number of aromatic hydroxyl groups is 1. The molecule has 0 aliphatic carbocycles. The van der Waals surface area contributed by atoms with E-state index in [4.69, 9.17) is 0 Å². The van der Waals surface area contributed by atoms with Crippen molar-refractivity contribution < 1.29 is 33.0 Å². The molecule has 13 heteroatoms. The second-order valence-electron chi connectivity index (χ2n) is 9.20. The Morgan fingerprint density at radius 1 is 1.00 bits per heavy atom. The van der Waals surface area contributed by atoms with Crippen LogP contribution in [0.3, 0.4) is 0 Å². The third-order valence-corrected chi connectivity index (χ3v) is 6.31. The first kappa shape index (κ1) is 27.2. The van der Waals surface area contributed by atoms with Crippen LogP contribution in [-0.4, -0.2) is 47.3 Å². The van der Waals surface area contributed by atoms with Crippen LogP contribution >= 0.6 is 0 Å². The molecule has 2 aromatic heterocycles. The fourth-order valence-electron chi connectivity index (χ4n) is 4.32. The zero-order valence-corrected chi connectivity index (χ0v) is 21.3. The maximum atomic E-state index is 13.3. The molecular weight excluding hydrogens is 541 g/mol. The minimum absolute atomic E-state index is 0.0738. The molecule has 10 nitrogen and oxygen atoms in total. The van der Waals surface area contributed by atoms with Crippen LogP contribution in [0.15, 0.2) is 72.8 Å². The van der Waals surface area contributed by atoms with Crippen molar-refractivity contribution >= 4 is 22.8 Å². The van der Waals surface area contributed by atoms with Crippen molar-refractivity contribution in [3.63, 3.8) is 0 Å². The van der Waals surface area contributed by atoms with E-state index in [9.17, 15) is 33.0 Å². The first-order chi connectivity index (χ1) is 19.5. The average molecular weight is 563 g/mol. The van der Waals surface area contributed by atoms with Crippen LogP contribution in [0, 0.1) is 0 Å². The standard InChI is InChI=1S/C28H21F3N6O4/c1-37-35-25(34-36-37)23(11-15-5-8-19(38)9-6-15)33-26(39)24-14-21(27(40)41)20-13-17(7-10-22(20)32-24)16-3-2-4-18(12-16)28(29,30)31/h2-10,12-14,23,38H,11H2,1H3,(H,33,39)(H,40,41). The lowest BCUT2D eigenvalue weighted by atomic mass is 9.98. The number of hydrogen-bond acceptors (Lipinski definition) is 7. The largest absolute Gasteiger partial charge is 0.508 e. The van der Waals surface area contributed by atoms with Crippen LogP contribution in [0.25, 0.3) is 22.0 Å². The summed E-state index contributed by atoms with van der Waals surface area (Å²) in [6.07, 6.45) is -4.30. The number of aromatic carboxylic acids is 1. The van der Waals surface area contributed by atoms with Gasteiger partial charge in [0.2, 0.25) is 0 Å². The molecule has 1 unspecified atom stereocenters. The molecule has 0 fully saturated rings. The molecule has 0 saturated carbocycles. The topological polar surface area (TPSA) is 143 Å². The van der Waals surface area contributed by atoms with E-state index in [0.717, 1.165) is 23.8 Å². The highest BCUT2D eigenvalue weighted by molar-refractivity contribution is 6.06. The number of nitrogens with one attached hydrogen (secondary N) is 1. The van der Waals surface area contributed by atoms with Crippen molar-refractivity contribution in [1.82, 2.24) is 30.5 Å². The van der Waals surface area contributed by atoms with E-state index < -0.39 is 29.7 Å². The minimum atomic E-state index is -4.54. The molecule has 0 aliphatic heterocycles. The highest BCUT2D eigenvalue weighted by Crippen LogP contribution is 2.33. The second-order valence-corrected chi connectivity index (χ2v) is 9.20. The van der Waals surface area contributed by atoms with Gasteiger partial charge in [-0.25, -0.2) is 9.78 Å². The number of alkyl halides is 3. The number of carbonyl (C=O) groups is 2. The van der Waals surface area contributed by atoms with Crippen molar-refractivity contribution in [2.24, 2.45) is 7.05 Å². The lowest BCUT2D eigenvalue weighted by molar-refractivity contribution is -0.137. The summed E-state index contributed by atoms with van der Waals surface area (Å²) in [7, 11) is 1.56. The monoisotopic (exact) mass is 562 g/mol. The van der Waals surface area contributed by atoms with Crippen LogP contribution < -0.4 is 5.32 Å². The van der Waals surface area contributed by atoms with Crippen LogP contribution in [0.2, 0.25) is 0 Å². The Labute approximate surface area is 230 Å². The second kappa shape index (κ2) is 10.7. The van der Waals surface area contributed by atoms with Crippen LogP contribution in [-0.2, 0) is 19.6 Å². The van der Waals surface area contributed by atoms with Gasteiger partial charge in [-0.1, -0.05) is 30.3 Å². The number of carboxylic acids is 1. The van der Waals surface area contributed by atoms with Crippen LogP contribution in [0.5, 0.6) is 5.75 Å². The molecule has 5 rings (SSSR count). The molecule has 0 bridgehead atoms. The lowest BCUT2D eigenvalue weighted by Gasteiger charge is -2.16. The summed E-state index contributed by atoms with van der Waals surface area (Å²) in [5.74, 6) is -1.76. The van der Waals surface area contributed by atoms with Gasteiger partial charge in [0, 0.05) is 11.8 Å². The normalized spacial score (nSPS) is 12.3. The Hall–Kier alpha value is -5.33. The van der Waals surface area contributed by atoms with E-state index in [2.05, 4.69) is 25.7 Å². The number of amides is 1. The van der Waals surface area contributed by atoms with Crippen LogP contribution in [0.1, 0.15) is 43.8 Å². The van der Waals surface area contributed by atoms with Gasteiger partial charge >= 0.3 is 12.1 Å². The van der Waals surface area contributed by atoms with Crippen molar-refractivity contribution in [2.75, 3.05) is 0 Å². The molecule has 3 aromatic carbocycles. The molecule has 3 N–H and O–H groups in total. The molecule has 5 aromatic rings. The number of phenolic OH excluding ortho intramolecular Hbond substituents is 1. The third-order valence-electron chi connectivity index (χ3n) is 6.31. The molecule has 2 heterocycles. The van der Waals surface area contributed by atoms with E-state index in [1.807, 2.05) is 0 Å². The van der Waals surface area contributed by atoms with E-state index in [1.54, 1.807) is 19.2 Å². The van der Waals surface area contributed by atoms with Gasteiger partial charge in [-0.3, -0.25) is 4.79 Å². The number of nitrogens with zero attached hydrogens (tertiary/aromatic N) is 5. The first-order valence-electron chi connectivity index (χ1n) is 12.2. The zero-order chi connectivity index (χ0) is 29.3. The Morgan fingerprint density at radius 2 is 1.73 bits per heavy atom. The molecular formula is C28H21F3N6O4. The predicted molar refractivity (Wildman–Crippen MR) is 140 cm³/mol. The van der Waals surface area contributed by atoms with E-state index in [0.29, 0.717) is 5.56 Å². The molecule has 41 heavy (non-hydrogen) atoms. The SMILES string of the molecule is Cn1nnc(C(Cc2ccc(O)cc2)NC(=O)c2cc(C(=O)O)c3cc(-c4cccc(C(F)(F)F)c4)ccc3n2)n1. The Bertz CT molecular complexity index is 1770. The number of benzene rings is 3. The van der Waals surface area contributed by atoms with Gasteiger partial charge in [-0.05, 0) is 64.4 Å². The smallest absolute Gasteiger partial charge is 0.416 e. The van der Waals surface area contributed by atoms with Gasteiger partial charge in [0.15, 0.2) is 5.82 Å². The fraction of sp³-hybridized carbons (Fsp3) is 0.143. The summed E-state index contributed by atoms with van der Waals surface area (Å²) >= 11 is 0. The maximum absolute atomic E-state index is 13.3.